The zero-order valence-electron chi connectivity index (χ0n) is 23.5. The fraction of sp³-hybridized carbons (Fsp3) is 0.394. The average molecular weight is 529 g/mol. The largest absolute Gasteiger partial charge is 0.489 e. The van der Waals surface area contributed by atoms with Gasteiger partial charge in [-0.2, -0.15) is 0 Å². The molecule has 1 unspecified atom stereocenters. The van der Waals surface area contributed by atoms with E-state index >= 15 is 0 Å². The maximum atomic E-state index is 13.6. The van der Waals surface area contributed by atoms with Crippen molar-refractivity contribution in [1.82, 2.24) is 10.2 Å². The van der Waals surface area contributed by atoms with E-state index in [9.17, 15) is 9.59 Å². The van der Waals surface area contributed by atoms with Crippen LogP contribution in [-0.2, 0) is 28.0 Å². The molecule has 39 heavy (non-hydrogen) atoms. The van der Waals surface area contributed by atoms with Crippen molar-refractivity contribution in [2.45, 2.75) is 70.1 Å². The van der Waals surface area contributed by atoms with Gasteiger partial charge in [0.2, 0.25) is 5.91 Å². The highest BCUT2D eigenvalue weighted by atomic mass is 16.6. The second-order valence-corrected chi connectivity index (χ2v) is 11.4. The monoisotopic (exact) mass is 528 g/mol. The summed E-state index contributed by atoms with van der Waals surface area (Å²) >= 11 is 0. The van der Waals surface area contributed by atoms with Crippen LogP contribution >= 0.6 is 0 Å². The van der Waals surface area contributed by atoms with Gasteiger partial charge in [-0.15, -0.1) is 0 Å². The van der Waals surface area contributed by atoms with Gasteiger partial charge in [0.15, 0.2) is 0 Å². The van der Waals surface area contributed by atoms with Crippen molar-refractivity contribution in [3.63, 3.8) is 0 Å². The Morgan fingerprint density at radius 3 is 2.08 bits per heavy atom. The summed E-state index contributed by atoms with van der Waals surface area (Å²) in [5, 5.41) is 3.18. The molecule has 2 amide bonds. The zero-order chi connectivity index (χ0) is 27.9. The number of amides is 2. The summed E-state index contributed by atoms with van der Waals surface area (Å²) in [6, 6.07) is 27.4. The van der Waals surface area contributed by atoms with E-state index in [-0.39, 0.29) is 11.3 Å². The zero-order valence-corrected chi connectivity index (χ0v) is 23.5. The quantitative estimate of drug-likeness (QED) is 0.336. The molecule has 0 bridgehead atoms. The summed E-state index contributed by atoms with van der Waals surface area (Å²) in [5.74, 6) is 0.564. The first-order chi connectivity index (χ1) is 18.7. The van der Waals surface area contributed by atoms with Crippen LogP contribution < -0.4 is 10.1 Å². The molecule has 206 valence electrons. The topological polar surface area (TPSA) is 67.9 Å². The number of carbonyl (C=O) groups is 2. The lowest BCUT2D eigenvalue weighted by Crippen LogP contribution is -2.53. The predicted octanol–water partition coefficient (Wildman–Crippen LogP) is 6.28. The lowest BCUT2D eigenvalue weighted by molar-refractivity contribution is -0.126. The fourth-order valence-electron chi connectivity index (χ4n) is 4.89. The Morgan fingerprint density at radius 1 is 0.897 bits per heavy atom. The highest BCUT2D eigenvalue weighted by Crippen LogP contribution is 2.43. The van der Waals surface area contributed by atoms with E-state index in [0.717, 1.165) is 36.1 Å². The molecule has 6 nitrogen and oxygen atoms in total. The highest BCUT2D eigenvalue weighted by molar-refractivity contribution is 5.86. The number of ether oxygens (including phenoxy) is 2. The number of benzene rings is 3. The van der Waals surface area contributed by atoms with Crippen LogP contribution in [0.25, 0.3) is 0 Å². The third-order valence-electron chi connectivity index (χ3n) is 7.35. The summed E-state index contributed by atoms with van der Waals surface area (Å²) < 4.78 is 11.5. The Balaban J connectivity index is 1.45. The van der Waals surface area contributed by atoms with Crippen molar-refractivity contribution in [2.75, 3.05) is 13.6 Å². The van der Waals surface area contributed by atoms with Crippen LogP contribution in [0.3, 0.4) is 0 Å². The van der Waals surface area contributed by atoms with Gasteiger partial charge in [0.25, 0.3) is 0 Å². The molecule has 4 rings (SSSR count). The summed E-state index contributed by atoms with van der Waals surface area (Å²) in [5.41, 5.74) is 2.56. The van der Waals surface area contributed by atoms with Crippen LogP contribution in [-0.4, -0.2) is 42.1 Å². The minimum absolute atomic E-state index is 0.0519. The van der Waals surface area contributed by atoms with Crippen LogP contribution in [0.2, 0.25) is 0 Å². The van der Waals surface area contributed by atoms with Gasteiger partial charge in [0, 0.05) is 25.4 Å². The molecule has 0 aromatic heterocycles. The fourth-order valence-corrected chi connectivity index (χ4v) is 4.89. The molecule has 0 aliphatic heterocycles. The molecule has 0 radical (unpaired) electrons. The molecular formula is C33H40N2O4. The molecule has 1 aliphatic rings. The highest BCUT2D eigenvalue weighted by Gasteiger charge is 2.40. The van der Waals surface area contributed by atoms with Gasteiger partial charge in [0.1, 0.15) is 24.0 Å². The first-order valence-electron chi connectivity index (χ1n) is 13.7. The number of rotatable bonds is 10. The van der Waals surface area contributed by atoms with Crippen molar-refractivity contribution in [3.05, 3.63) is 102 Å². The molecule has 1 saturated carbocycles. The Labute approximate surface area is 232 Å². The summed E-state index contributed by atoms with van der Waals surface area (Å²) in [4.78, 5) is 28.0. The maximum absolute atomic E-state index is 13.6. The molecule has 1 N–H and O–H groups in total. The Kier molecular flexibility index (Phi) is 8.95. The number of likely N-dealkylation sites (N-methyl/N-ethyl adjacent to an activating group) is 1. The number of hydrogen-bond donors (Lipinski definition) is 1. The summed E-state index contributed by atoms with van der Waals surface area (Å²) in [6.07, 6.45) is 3.05. The lowest BCUT2D eigenvalue weighted by Gasteiger charge is -2.43. The number of hydrogen-bond acceptors (Lipinski definition) is 4. The second-order valence-electron chi connectivity index (χ2n) is 11.4. The van der Waals surface area contributed by atoms with Gasteiger partial charge in [-0.1, -0.05) is 79.2 Å². The molecule has 0 heterocycles. The lowest BCUT2D eigenvalue weighted by atomic mass is 9.64. The molecule has 0 saturated heterocycles. The number of nitrogens with one attached hydrogen (secondary N) is 1. The van der Waals surface area contributed by atoms with Gasteiger partial charge < -0.3 is 14.8 Å². The van der Waals surface area contributed by atoms with Gasteiger partial charge in [-0.05, 0) is 62.4 Å². The molecule has 1 aliphatic carbocycles. The van der Waals surface area contributed by atoms with Crippen molar-refractivity contribution >= 4 is 12.0 Å². The normalized spacial score (nSPS) is 15.0. The molecule has 1 atom stereocenters. The Morgan fingerprint density at radius 2 is 1.51 bits per heavy atom. The van der Waals surface area contributed by atoms with Crippen LogP contribution in [0.4, 0.5) is 4.79 Å². The molecule has 1 fully saturated rings. The molecule has 6 heteroatoms. The number of nitrogens with zero attached hydrogens (tertiary/aromatic N) is 1. The van der Waals surface area contributed by atoms with Crippen LogP contribution in [0.1, 0.15) is 56.7 Å². The molecule has 3 aromatic rings. The van der Waals surface area contributed by atoms with E-state index in [1.807, 2.05) is 93.6 Å². The summed E-state index contributed by atoms with van der Waals surface area (Å²) in [7, 11) is 1.63. The van der Waals surface area contributed by atoms with Crippen molar-refractivity contribution in [3.8, 4) is 5.75 Å². The van der Waals surface area contributed by atoms with Crippen molar-refractivity contribution in [2.24, 2.45) is 0 Å². The third kappa shape index (κ3) is 7.62. The first kappa shape index (κ1) is 28.2. The minimum Gasteiger partial charge on any atom is -0.489 e. The first-order valence-corrected chi connectivity index (χ1v) is 13.7. The van der Waals surface area contributed by atoms with Gasteiger partial charge in [0.05, 0.1) is 0 Å². The van der Waals surface area contributed by atoms with Crippen LogP contribution in [0.5, 0.6) is 5.75 Å². The third-order valence-corrected chi connectivity index (χ3v) is 7.35. The Hall–Kier alpha value is -3.80. The molecule has 3 aromatic carbocycles. The Bertz CT molecular complexity index is 1220. The minimum atomic E-state index is -0.719. The average Bonchev–Trinajstić information content (AvgIpc) is 2.90. The standard InChI is InChI=1S/C33H40N2O4/c1-32(2,3)39-31(37)35(4)29(30(36)34-24-33(20-11-21-33)27-14-9-6-10-15-27)22-25-16-18-28(19-17-25)38-23-26-12-7-5-8-13-26/h5-10,12-19,29H,11,20-24H2,1-4H3,(H,34,36). The molecular weight excluding hydrogens is 488 g/mol. The van der Waals surface area contributed by atoms with Crippen LogP contribution in [0.15, 0.2) is 84.9 Å². The second kappa shape index (κ2) is 12.4. The van der Waals surface area contributed by atoms with Crippen LogP contribution in [0, 0.1) is 0 Å². The predicted molar refractivity (Wildman–Crippen MR) is 154 cm³/mol. The number of carbonyl (C=O) groups excluding carboxylic acids is 2. The van der Waals surface area contributed by atoms with E-state index < -0.39 is 17.7 Å². The SMILES string of the molecule is CN(C(=O)OC(C)(C)C)C(Cc1ccc(OCc2ccccc2)cc1)C(=O)NCC1(c2ccccc2)CCC1. The summed E-state index contributed by atoms with van der Waals surface area (Å²) in [6.45, 7) is 6.49. The molecule has 0 spiro atoms. The van der Waals surface area contributed by atoms with E-state index in [1.165, 1.54) is 10.5 Å². The maximum Gasteiger partial charge on any atom is 0.410 e. The van der Waals surface area contributed by atoms with Gasteiger partial charge in [-0.3, -0.25) is 9.69 Å². The van der Waals surface area contributed by atoms with E-state index in [2.05, 4.69) is 17.4 Å². The van der Waals surface area contributed by atoms with Gasteiger partial charge in [-0.25, -0.2) is 4.79 Å². The van der Waals surface area contributed by atoms with Gasteiger partial charge >= 0.3 is 6.09 Å². The van der Waals surface area contributed by atoms with Crippen molar-refractivity contribution < 1.29 is 19.1 Å². The smallest absolute Gasteiger partial charge is 0.410 e. The van der Waals surface area contributed by atoms with E-state index in [4.69, 9.17) is 9.47 Å². The van der Waals surface area contributed by atoms with E-state index in [1.54, 1.807) is 7.05 Å². The van der Waals surface area contributed by atoms with E-state index in [0.29, 0.717) is 19.6 Å². The van der Waals surface area contributed by atoms with Crippen molar-refractivity contribution in [1.29, 1.82) is 0 Å².